The van der Waals surface area contributed by atoms with E-state index in [0.717, 1.165) is 0 Å². The van der Waals surface area contributed by atoms with Gasteiger partial charge in [0.1, 0.15) is 11.3 Å². The number of hydrogen-bond donors (Lipinski definition) is 1. The molecule has 1 unspecified atom stereocenters. The van der Waals surface area contributed by atoms with Crippen LogP contribution >= 0.6 is 0 Å². The van der Waals surface area contributed by atoms with Crippen molar-refractivity contribution in [2.24, 2.45) is 0 Å². The fourth-order valence-corrected chi connectivity index (χ4v) is 2.26. The predicted molar refractivity (Wildman–Crippen MR) is 80.5 cm³/mol. The van der Waals surface area contributed by atoms with Gasteiger partial charge >= 0.3 is 0 Å². The number of methoxy groups -OCH3 is 1. The number of rotatable bonds is 7. The number of aliphatic hydroxyl groups is 1. The van der Waals surface area contributed by atoms with Crippen LogP contribution < -0.4 is 4.74 Å². The third-order valence-corrected chi connectivity index (χ3v) is 3.48. The maximum atomic E-state index is 12.9. The first kappa shape index (κ1) is 16.0. The summed E-state index contributed by atoms with van der Waals surface area (Å²) in [6, 6.07) is 6.60. The Morgan fingerprint density at radius 2 is 2.27 bits per heavy atom. The van der Waals surface area contributed by atoms with Gasteiger partial charge in [-0.2, -0.15) is 0 Å². The van der Waals surface area contributed by atoms with Crippen molar-refractivity contribution in [3.8, 4) is 5.88 Å². The Bertz CT molecular complexity index is 594. The molecule has 0 spiro atoms. The first-order chi connectivity index (χ1) is 10.7. The number of carbonyl (C=O) groups excluding carboxylic acids is 1. The lowest BCUT2D eigenvalue weighted by molar-refractivity contribution is 0.0541. The number of nitrogens with zero attached hydrogens (tertiary/aromatic N) is 2. The Morgan fingerprint density at radius 3 is 2.86 bits per heavy atom. The van der Waals surface area contributed by atoms with Crippen LogP contribution in [-0.4, -0.2) is 40.7 Å². The fourth-order valence-electron chi connectivity index (χ4n) is 2.26. The molecule has 0 bridgehead atoms. The van der Waals surface area contributed by atoms with Crippen LogP contribution in [0.25, 0.3) is 0 Å². The average Bonchev–Trinajstić information content (AvgIpc) is 3.07. The van der Waals surface area contributed by atoms with Gasteiger partial charge in [-0.15, -0.1) is 0 Å². The van der Waals surface area contributed by atoms with Crippen molar-refractivity contribution in [3.05, 3.63) is 48.0 Å². The van der Waals surface area contributed by atoms with Crippen molar-refractivity contribution in [3.63, 3.8) is 0 Å². The van der Waals surface area contributed by atoms with Crippen LogP contribution in [-0.2, 0) is 6.54 Å². The van der Waals surface area contributed by atoms with Crippen LogP contribution in [0.2, 0.25) is 0 Å². The largest absolute Gasteiger partial charge is 0.480 e. The monoisotopic (exact) mass is 304 g/mol. The first-order valence-corrected chi connectivity index (χ1v) is 7.14. The lowest BCUT2D eigenvalue weighted by Crippen LogP contribution is -2.41. The molecule has 0 aromatic carbocycles. The van der Waals surface area contributed by atoms with Gasteiger partial charge < -0.3 is 19.2 Å². The zero-order valence-electron chi connectivity index (χ0n) is 12.7. The Morgan fingerprint density at radius 1 is 1.45 bits per heavy atom. The van der Waals surface area contributed by atoms with E-state index in [1.807, 2.05) is 6.92 Å². The molecule has 0 aliphatic rings. The van der Waals surface area contributed by atoms with Crippen molar-refractivity contribution in [2.45, 2.75) is 25.9 Å². The molecule has 2 heterocycles. The highest BCUT2D eigenvalue weighted by molar-refractivity contribution is 5.96. The van der Waals surface area contributed by atoms with Crippen molar-refractivity contribution in [1.82, 2.24) is 9.88 Å². The summed E-state index contributed by atoms with van der Waals surface area (Å²) in [7, 11) is 1.47. The number of hydrogen-bond acceptors (Lipinski definition) is 5. The second-order valence-electron chi connectivity index (χ2n) is 4.82. The summed E-state index contributed by atoms with van der Waals surface area (Å²) in [5.74, 6) is 0.676. The molecule has 1 amide bonds. The number of amides is 1. The summed E-state index contributed by atoms with van der Waals surface area (Å²) in [5.41, 5.74) is 0.364. The third-order valence-electron chi connectivity index (χ3n) is 3.48. The second kappa shape index (κ2) is 7.61. The molecule has 0 saturated heterocycles. The van der Waals surface area contributed by atoms with E-state index in [9.17, 15) is 9.90 Å². The Balaban J connectivity index is 2.32. The van der Waals surface area contributed by atoms with Crippen LogP contribution in [0.3, 0.4) is 0 Å². The zero-order chi connectivity index (χ0) is 15.9. The third kappa shape index (κ3) is 3.46. The quantitative estimate of drug-likeness (QED) is 0.847. The van der Waals surface area contributed by atoms with E-state index in [-0.39, 0.29) is 31.0 Å². The maximum Gasteiger partial charge on any atom is 0.260 e. The molecule has 2 rings (SSSR count). The Labute approximate surface area is 129 Å². The van der Waals surface area contributed by atoms with Gasteiger partial charge in [-0.3, -0.25) is 4.79 Å². The van der Waals surface area contributed by atoms with Crippen molar-refractivity contribution in [2.75, 3.05) is 13.7 Å². The van der Waals surface area contributed by atoms with Crippen molar-refractivity contribution >= 4 is 5.91 Å². The van der Waals surface area contributed by atoms with Crippen LogP contribution in [0.1, 0.15) is 29.5 Å². The van der Waals surface area contributed by atoms with Gasteiger partial charge in [-0.05, 0) is 30.7 Å². The van der Waals surface area contributed by atoms with Crippen LogP contribution in [0.4, 0.5) is 0 Å². The van der Waals surface area contributed by atoms with Gasteiger partial charge in [-0.1, -0.05) is 6.92 Å². The molecule has 2 aromatic heterocycles. The topological polar surface area (TPSA) is 75.8 Å². The standard InChI is InChI=1S/C16H20N2O4/c1-3-12(11-19)18(10-13-6-5-9-22-13)16(20)14-7-4-8-17-15(14)21-2/h4-9,12,19H,3,10-11H2,1-2H3. The number of aliphatic hydroxyl groups excluding tert-OH is 1. The first-order valence-electron chi connectivity index (χ1n) is 7.14. The highest BCUT2D eigenvalue weighted by Gasteiger charge is 2.26. The van der Waals surface area contributed by atoms with E-state index >= 15 is 0 Å². The van der Waals surface area contributed by atoms with Gasteiger partial charge in [0.15, 0.2) is 0 Å². The number of aromatic nitrogens is 1. The van der Waals surface area contributed by atoms with E-state index < -0.39 is 0 Å². The minimum atomic E-state index is -0.303. The minimum Gasteiger partial charge on any atom is -0.480 e. The van der Waals surface area contributed by atoms with E-state index in [1.165, 1.54) is 7.11 Å². The number of pyridine rings is 1. The van der Waals surface area contributed by atoms with E-state index in [2.05, 4.69) is 4.98 Å². The highest BCUT2D eigenvalue weighted by atomic mass is 16.5. The number of ether oxygens (including phenoxy) is 1. The van der Waals surface area contributed by atoms with Crippen LogP contribution in [0.5, 0.6) is 5.88 Å². The van der Waals surface area contributed by atoms with Crippen molar-refractivity contribution in [1.29, 1.82) is 0 Å². The van der Waals surface area contributed by atoms with Crippen molar-refractivity contribution < 1.29 is 19.1 Å². The van der Waals surface area contributed by atoms with Gasteiger partial charge in [0.25, 0.3) is 5.91 Å². The predicted octanol–water partition coefficient (Wildman–Crippen LogP) is 2.10. The second-order valence-corrected chi connectivity index (χ2v) is 4.82. The molecule has 0 aliphatic heterocycles. The summed E-state index contributed by atoms with van der Waals surface area (Å²) < 4.78 is 10.5. The van der Waals surface area contributed by atoms with Gasteiger partial charge in [0.05, 0.1) is 32.6 Å². The zero-order valence-corrected chi connectivity index (χ0v) is 12.7. The normalized spacial score (nSPS) is 12.0. The molecule has 0 fully saturated rings. The van der Waals surface area contributed by atoms with Gasteiger partial charge in [0.2, 0.25) is 5.88 Å². The summed E-state index contributed by atoms with van der Waals surface area (Å²) in [6.45, 7) is 2.08. The molecule has 0 saturated carbocycles. The Hall–Kier alpha value is -2.34. The maximum absolute atomic E-state index is 12.9. The van der Waals surface area contributed by atoms with E-state index in [4.69, 9.17) is 9.15 Å². The van der Waals surface area contributed by atoms with E-state index in [0.29, 0.717) is 17.7 Å². The lowest BCUT2D eigenvalue weighted by atomic mass is 10.1. The highest BCUT2D eigenvalue weighted by Crippen LogP contribution is 2.20. The summed E-state index contributed by atoms with van der Waals surface area (Å²) >= 11 is 0. The van der Waals surface area contributed by atoms with E-state index in [1.54, 1.807) is 41.6 Å². The lowest BCUT2D eigenvalue weighted by Gasteiger charge is -2.29. The fraction of sp³-hybridized carbons (Fsp3) is 0.375. The molecular formula is C16H20N2O4. The molecule has 22 heavy (non-hydrogen) atoms. The Kier molecular flexibility index (Phi) is 5.55. The van der Waals surface area contributed by atoms with Crippen LogP contribution in [0, 0.1) is 0 Å². The molecule has 6 heteroatoms. The average molecular weight is 304 g/mol. The smallest absolute Gasteiger partial charge is 0.260 e. The van der Waals surface area contributed by atoms with Crippen LogP contribution in [0.15, 0.2) is 41.1 Å². The molecule has 118 valence electrons. The molecule has 0 radical (unpaired) electrons. The molecule has 2 aromatic rings. The number of carbonyl (C=O) groups is 1. The SMILES string of the molecule is CCC(CO)N(Cc1ccco1)C(=O)c1cccnc1OC. The molecule has 1 N–H and O–H groups in total. The molecular weight excluding hydrogens is 284 g/mol. The summed E-state index contributed by atoms with van der Waals surface area (Å²) in [6.07, 6.45) is 3.75. The molecule has 6 nitrogen and oxygen atoms in total. The van der Waals surface area contributed by atoms with Gasteiger partial charge in [0, 0.05) is 6.20 Å². The van der Waals surface area contributed by atoms with Gasteiger partial charge in [-0.25, -0.2) is 4.98 Å². The minimum absolute atomic E-state index is 0.120. The molecule has 0 aliphatic carbocycles. The number of furan rings is 1. The summed E-state index contributed by atoms with van der Waals surface area (Å²) in [4.78, 5) is 18.5. The summed E-state index contributed by atoms with van der Waals surface area (Å²) in [5, 5.41) is 9.58. The molecule has 1 atom stereocenters.